The molecule has 1 heteroatoms. The Morgan fingerprint density at radius 1 is 1.64 bits per heavy atom. The predicted octanol–water partition coefficient (Wildman–Crippen LogP) is 2.42. The van der Waals surface area contributed by atoms with E-state index in [1.165, 1.54) is 32.2 Å². The zero-order valence-corrected chi connectivity index (χ0v) is 7.69. The quantitative estimate of drug-likeness (QED) is 0.645. The van der Waals surface area contributed by atoms with Gasteiger partial charge in [-0.05, 0) is 30.6 Å². The molecule has 2 fully saturated rings. The van der Waals surface area contributed by atoms with Gasteiger partial charge in [0, 0.05) is 14.0 Å². The summed E-state index contributed by atoms with van der Waals surface area (Å²) in [6.07, 6.45) is 5.77. The standard InChI is InChI=1S/C10H19N.H2/c1-3-8(2)9-6-10(4-5-10)7-11-9;/h8-9,11H,3-7H2,1-2H3;1H. The molecule has 1 N–H and O–H groups in total. The summed E-state index contributed by atoms with van der Waals surface area (Å²) in [7, 11) is 0. The normalized spacial score (nSPS) is 36.0. The molecule has 0 aromatic rings. The van der Waals surface area contributed by atoms with Crippen molar-refractivity contribution in [2.75, 3.05) is 6.54 Å². The first-order valence-electron chi connectivity index (χ1n) is 4.99. The van der Waals surface area contributed by atoms with E-state index >= 15 is 0 Å². The Hall–Kier alpha value is -0.0400. The minimum atomic E-state index is 0. The van der Waals surface area contributed by atoms with Crippen LogP contribution >= 0.6 is 0 Å². The van der Waals surface area contributed by atoms with Crippen LogP contribution in [0.25, 0.3) is 0 Å². The van der Waals surface area contributed by atoms with Crippen LogP contribution in [0.5, 0.6) is 0 Å². The maximum Gasteiger partial charge on any atom is 0.00985 e. The number of rotatable bonds is 2. The molecule has 0 bridgehead atoms. The molecule has 0 radical (unpaired) electrons. The molecular formula is C10H21N. The third-order valence-electron chi connectivity index (χ3n) is 3.68. The van der Waals surface area contributed by atoms with E-state index in [1.54, 1.807) is 0 Å². The van der Waals surface area contributed by atoms with Gasteiger partial charge in [-0.15, -0.1) is 0 Å². The van der Waals surface area contributed by atoms with Crippen LogP contribution in [0.4, 0.5) is 0 Å². The summed E-state index contributed by atoms with van der Waals surface area (Å²) < 4.78 is 0. The molecule has 1 nitrogen and oxygen atoms in total. The fourth-order valence-corrected chi connectivity index (χ4v) is 2.20. The van der Waals surface area contributed by atoms with Crippen molar-refractivity contribution in [2.45, 2.75) is 45.6 Å². The molecule has 0 aromatic carbocycles. The van der Waals surface area contributed by atoms with Gasteiger partial charge in [0.25, 0.3) is 0 Å². The molecular weight excluding hydrogens is 134 g/mol. The van der Waals surface area contributed by atoms with E-state index in [0.717, 1.165) is 17.4 Å². The van der Waals surface area contributed by atoms with Crippen molar-refractivity contribution in [1.82, 2.24) is 5.32 Å². The van der Waals surface area contributed by atoms with Gasteiger partial charge in [0.15, 0.2) is 0 Å². The Labute approximate surface area is 71.0 Å². The Morgan fingerprint density at radius 3 is 2.82 bits per heavy atom. The van der Waals surface area contributed by atoms with Crippen molar-refractivity contribution in [3.63, 3.8) is 0 Å². The van der Waals surface area contributed by atoms with Crippen LogP contribution in [0.15, 0.2) is 0 Å². The lowest BCUT2D eigenvalue weighted by Crippen LogP contribution is -2.27. The van der Waals surface area contributed by atoms with E-state index < -0.39 is 0 Å². The summed E-state index contributed by atoms with van der Waals surface area (Å²) >= 11 is 0. The van der Waals surface area contributed by atoms with E-state index in [0.29, 0.717) is 0 Å². The zero-order chi connectivity index (χ0) is 7.90. The lowest BCUT2D eigenvalue weighted by Gasteiger charge is -2.17. The highest BCUT2D eigenvalue weighted by Crippen LogP contribution is 2.52. The Kier molecular flexibility index (Phi) is 1.71. The van der Waals surface area contributed by atoms with Crippen molar-refractivity contribution in [3.05, 3.63) is 0 Å². The number of nitrogens with one attached hydrogen (secondary N) is 1. The lowest BCUT2D eigenvalue weighted by atomic mass is 9.93. The highest BCUT2D eigenvalue weighted by molar-refractivity contribution is 5.03. The van der Waals surface area contributed by atoms with Crippen LogP contribution in [0.1, 0.15) is 41.0 Å². The first-order valence-corrected chi connectivity index (χ1v) is 4.99. The van der Waals surface area contributed by atoms with E-state index in [4.69, 9.17) is 0 Å². The summed E-state index contributed by atoms with van der Waals surface area (Å²) in [6, 6.07) is 0.836. The Morgan fingerprint density at radius 2 is 2.36 bits per heavy atom. The molecule has 0 amide bonds. The third kappa shape index (κ3) is 1.31. The monoisotopic (exact) mass is 155 g/mol. The molecule has 11 heavy (non-hydrogen) atoms. The lowest BCUT2D eigenvalue weighted by molar-refractivity contribution is 0.396. The van der Waals surface area contributed by atoms with E-state index in [2.05, 4.69) is 19.2 Å². The fraction of sp³-hybridized carbons (Fsp3) is 1.00. The van der Waals surface area contributed by atoms with Crippen LogP contribution in [0.3, 0.4) is 0 Å². The van der Waals surface area contributed by atoms with E-state index in [-0.39, 0.29) is 1.43 Å². The maximum absolute atomic E-state index is 3.66. The van der Waals surface area contributed by atoms with Crippen molar-refractivity contribution < 1.29 is 1.43 Å². The predicted molar refractivity (Wildman–Crippen MR) is 49.6 cm³/mol. The minimum Gasteiger partial charge on any atom is -0.313 e. The summed E-state index contributed by atoms with van der Waals surface area (Å²) in [5.41, 5.74) is 0.786. The SMILES string of the molecule is CCC(C)C1CC2(CC2)CN1.[HH]. The van der Waals surface area contributed by atoms with Gasteiger partial charge in [0.1, 0.15) is 0 Å². The van der Waals surface area contributed by atoms with E-state index in [1.807, 2.05) is 0 Å². The summed E-state index contributed by atoms with van der Waals surface area (Å²) in [5, 5.41) is 3.66. The van der Waals surface area contributed by atoms with Crippen molar-refractivity contribution in [1.29, 1.82) is 0 Å². The highest BCUT2D eigenvalue weighted by atomic mass is 15.0. The average molecular weight is 155 g/mol. The molecule has 1 aliphatic heterocycles. The van der Waals surface area contributed by atoms with Crippen molar-refractivity contribution in [2.24, 2.45) is 11.3 Å². The van der Waals surface area contributed by atoms with Crippen LogP contribution in [0.2, 0.25) is 0 Å². The summed E-state index contributed by atoms with van der Waals surface area (Å²) in [6.45, 7) is 5.98. The molecule has 2 aliphatic rings. The molecule has 2 unspecified atom stereocenters. The second-order valence-electron chi connectivity index (χ2n) is 4.58. The molecule has 1 aliphatic carbocycles. The Bertz CT molecular complexity index is 154. The molecule has 1 saturated carbocycles. The summed E-state index contributed by atoms with van der Waals surface area (Å²) in [5.74, 6) is 0.884. The van der Waals surface area contributed by atoms with Gasteiger partial charge in [0.05, 0.1) is 0 Å². The maximum atomic E-state index is 3.66. The van der Waals surface area contributed by atoms with Crippen LogP contribution < -0.4 is 5.32 Å². The second-order valence-corrected chi connectivity index (χ2v) is 4.58. The second kappa shape index (κ2) is 2.48. The summed E-state index contributed by atoms with van der Waals surface area (Å²) in [4.78, 5) is 0. The zero-order valence-electron chi connectivity index (χ0n) is 7.69. The topological polar surface area (TPSA) is 12.0 Å². The van der Waals surface area contributed by atoms with Crippen LogP contribution in [-0.2, 0) is 0 Å². The molecule has 2 rings (SSSR count). The van der Waals surface area contributed by atoms with Crippen molar-refractivity contribution in [3.8, 4) is 0 Å². The first-order chi connectivity index (χ1) is 5.26. The largest absolute Gasteiger partial charge is 0.313 e. The Balaban J connectivity index is 0.000000720. The van der Waals surface area contributed by atoms with Gasteiger partial charge in [-0.25, -0.2) is 0 Å². The molecule has 2 atom stereocenters. The molecule has 66 valence electrons. The van der Waals surface area contributed by atoms with Gasteiger partial charge >= 0.3 is 0 Å². The molecule has 0 aromatic heterocycles. The fourth-order valence-electron chi connectivity index (χ4n) is 2.20. The van der Waals surface area contributed by atoms with E-state index in [9.17, 15) is 0 Å². The minimum absolute atomic E-state index is 0. The van der Waals surface area contributed by atoms with Gasteiger partial charge in [0.2, 0.25) is 0 Å². The van der Waals surface area contributed by atoms with Gasteiger partial charge < -0.3 is 5.32 Å². The number of hydrogen-bond acceptors (Lipinski definition) is 1. The molecule has 1 spiro atoms. The smallest absolute Gasteiger partial charge is 0.00985 e. The first kappa shape index (κ1) is 7.60. The molecule has 1 heterocycles. The highest BCUT2D eigenvalue weighted by Gasteiger charge is 2.48. The average Bonchev–Trinajstić information content (AvgIpc) is 2.61. The van der Waals surface area contributed by atoms with Gasteiger partial charge in [-0.3, -0.25) is 0 Å². The third-order valence-corrected chi connectivity index (χ3v) is 3.68. The van der Waals surface area contributed by atoms with Crippen molar-refractivity contribution >= 4 is 0 Å². The van der Waals surface area contributed by atoms with Crippen LogP contribution in [-0.4, -0.2) is 12.6 Å². The number of hydrogen-bond donors (Lipinski definition) is 1. The molecule has 1 saturated heterocycles. The van der Waals surface area contributed by atoms with Gasteiger partial charge in [-0.1, -0.05) is 20.3 Å². The van der Waals surface area contributed by atoms with Crippen LogP contribution in [0, 0.1) is 11.3 Å². The van der Waals surface area contributed by atoms with Gasteiger partial charge in [-0.2, -0.15) is 0 Å².